The fraction of sp³-hybridized carbons (Fsp3) is 0.429. The molecule has 1 aromatic carbocycles. The molecule has 6 radical (unpaired) electrons. The molecule has 5 heteroatoms. The molecule has 0 amide bonds. The number of hydrogen-bond acceptors (Lipinski definition) is 2. The molecule has 0 saturated heterocycles. The van der Waals surface area contributed by atoms with Crippen molar-refractivity contribution in [1.29, 1.82) is 0 Å². The summed E-state index contributed by atoms with van der Waals surface area (Å²) in [6.07, 6.45) is 0.531. The summed E-state index contributed by atoms with van der Waals surface area (Å²) in [5, 5.41) is 3.80. The zero-order chi connectivity index (χ0) is 14.3. The molecular weight excluding hydrogens is 284 g/mol. The second-order valence-corrected chi connectivity index (χ2v) is 7.99. The van der Waals surface area contributed by atoms with Crippen molar-refractivity contribution in [2.45, 2.75) is 39.9 Å². The fourth-order valence-electron chi connectivity index (χ4n) is 1.32. The molecule has 1 rings (SSSR count). The van der Waals surface area contributed by atoms with Crippen molar-refractivity contribution in [3.63, 3.8) is 0 Å². The average Bonchev–Trinajstić information content (AvgIpc) is 2.34. The van der Waals surface area contributed by atoms with E-state index in [1.165, 1.54) is 15.6 Å². The van der Waals surface area contributed by atoms with Crippen LogP contribution in [0.5, 0.6) is 0 Å². The minimum absolute atomic E-state index is 0.265. The number of rotatable bonds is 8. The highest BCUT2D eigenvalue weighted by molar-refractivity contribution is 6.61. The Morgan fingerprint density at radius 3 is 1.68 bits per heavy atom. The molecule has 0 aliphatic rings. The van der Waals surface area contributed by atoms with E-state index < -0.39 is 0 Å². The van der Waals surface area contributed by atoms with Crippen molar-refractivity contribution in [3.8, 4) is 0 Å². The third kappa shape index (κ3) is 7.03. The van der Waals surface area contributed by atoms with E-state index in [2.05, 4.69) is 52.5 Å². The van der Waals surface area contributed by atoms with Crippen molar-refractivity contribution in [2.75, 3.05) is 0 Å². The lowest BCUT2D eigenvalue weighted by atomic mass is 10.3. The van der Waals surface area contributed by atoms with Crippen LogP contribution >= 0.6 is 0 Å². The molecular formula is C14H20O2Si3. The van der Waals surface area contributed by atoms with Crippen molar-refractivity contribution in [1.82, 2.24) is 0 Å². The minimum atomic E-state index is 0.265. The monoisotopic (exact) mass is 304 g/mol. The van der Waals surface area contributed by atoms with E-state index in [4.69, 9.17) is 8.85 Å². The molecule has 0 aliphatic carbocycles. The van der Waals surface area contributed by atoms with Crippen LogP contribution in [0, 0.1) is 0 Å². The zero-order valence-corrected chi connectivity index (χ0v) is 15.0. The zero-order valence-electron chi connectivity index (χ0n) is 12.0. The van der Waals surface area contributed by atoms with Gasteiger partial charge in [-0.2, -0.15) is 0 Å². The van der Waals surface area contributed by atoms with Gasteiger partial charge in [0.05, 0.1) is 0 Å². The Morgan fingerprint density at radius 1 is 0.895 bits per heavy atom. The molecule has 0 fully saturated rings. The summed E-state index contributed by atoms with van der Waals surface area (Å²) < 4.78 is 11.4. The maximum atomic E-state index is 5.71. The van der Waals surface area contributed by atoms with Crippen LogP contribution in [0.15, 0.2) is 30.5 Å². The van der Waals surface area contributed by atoms with Gasteiger partial charge in [-0.3, -0.25) is 0 Å². The van der Waals surface area contributed by atoms with Gasteiger partial charge in [0.25, 0.3) is 19.5 Å². The summed E-state index contributed by atoms with van der Waals surface area (Å²) in [7, 11) is 1.44. The Bertz CT molecular complexity index is 375. The van der Waals surface area contributed by atoms with Gasteiger partial charge < -0.3 is 8.85 Å². The first-order valence-corrected chi connectivity index (χ1v) is 9.26. The average molecular weight is 305 g/mol. The van der Waals surface area contributed by atoms with Crippen LogP contribution in [0.4, 0.5) is 0 Å². The Morgan fingerprint density at radius 2 is 1.32 bits per heavy atom. The topological polar surface area (TPSA) is 18.5 Å². The summed E-state index contributed by atoms with van der Waals surface area (Å²) >= 11 is 0. The van der Waals surface area contributed by atoms with Crippen molar-refractivity contribution in [2.24, 2.45) is 0 Å². The molecule has 1 aromatic rings. The van der Waals surface area contributed by atoms with Gasteiger partial charge in [-0.25, -0.2) is 0 Å². The summed E-state index contributed by atoms with van der Waals surface area (Å²) in [5.41, 5.74) is 1.96. The van der Waals surface area contributed by atoms with Gasteiger partial charge >= 0.3 is 0 Å². The van der Waals surface area contributed by atoms with E-state index in [1.807, 2.05) is 5.70 Å². The largest absolute Gasteiger partial charge is 0.409 e. The van der Waals surface area contributed by atoms with Gasteiger partial charge in [-0.1, -0.05) is 23.4 Å². The summed E-state index contributed by atoms with van der Waals surface area (Å²) in [6, 6.07) is 6.62. The van der Waals surface area contributed by atoms with E-state index in [0.717, 1.165) is 0 Å². The molecule has 19 heavy (non-hydrogen) atoms. The Labute approximate surface area is 124 Å². The minimum Gasteiger partial charge on any atom is -0.409 e. The fourth-order valence-corrected chi connectivity index (χ4v) is 4.07. The van der Waals surface area contributed by atoms with Crippen LogP contribution < -0.4 is 15.6 Å². The third-order valence-electron chi connectivity index (χ3n) is 2.03. The maximum Gasteiger partial charge on any atom is 0.269 e. The van der Waals surface area contributed by atoms with Crippen molar-refractivity contribution >= 4 is 44.6 Å². The van der Waals surface area contributed by atoms with Gasteiger partial charge in [0, 0.05) is 12.2 Å². The maximum absolute atomic E-state index is 5.71. The van der Waals surface area contributed by atoms with Crippen LogP contribution in [0.25, 0.3) is 0 Å². The standard InChI is InChI=1S/C14H20O2Si3/c1-6-17-12-7-13(18-15-10(2)3)9-14(8-12)19-16-11(4)5/h6-11H,1H2,2-5H3. The van der Waals surface area contributed by atoms with E-state index in [9.17, 15) is 0 Å². The van der Waals surface area contributed by atoms with E-state index in [0.29, 0.717) is 29.0 Å². The highest BCUT2D eigenvalue weighted by Gasteiger charge is 2.07. The van der Waals surface area contributed by atoms with E-state index in [1.54, 1.807) is 0 Å². The van der Waals surface area contributed by atoms with Gasteiger partial charge in [0.1, 0.15) is 9.52 Å². The molecule has 100 valence electrons. The second kappa shape index (κ2) is 8.65. The van der Waals surface area contributed by atoms with Crippen LogP contribution in [0.3, 0.4) is 0 Å². The highest BCUT2D eigenvalue weighted by atomic mass is 28.2. The van der Waals surface area contributed by atoms with Gasteiger partial charge in [-0.15, -0.1) is 12.3 Å². The Hall–Kier alpha value is -0.469. The third-order valence-corrected chi connectivity index (χ3v) is 5.08. The Balaban J connectivity index is 2.80. The molecule has 0 bridgehead atoms. The summed E-state index contributed by atoms with van der Waals surface area (Å²) in [6.45, 7) is 12.1. The van der Waals surface area contributed by atoms with Gasteiger partial charge in [-0.05, 0) is 38.1 Å². The highest BCUT2D eigenvalue weighted by Crippen LogP contribution is 1.88. The smallest absolute Gasteiger partial charge is 0.269 e. The van der Waals surface area contributed by atoms with E-state index in [-0.39, 0.29) is 12.2 Å². The first-order valence-electron chi connectivity index (χ1n) is 6.37. The lowest BCUT2D eigenvalue weighted by molar-refractivity contribution is 0.260. The van der Waals surface area contributed by atoms with E-state index >= 15 is 0 Å². The van der Waals surface area contributed by atoms with Crippen LogP contribution in [-0.2, 0) is 8.85 Å². The molecule has 2 nitrogen and oxygen atoms in total. The molecule has 0 N–H and O–H groups in total. The van der Waals surface area contributed by atoms with Crippen LogP contribution in [0.2, 0.25) is 0 Å². The second-order valence-electron chi connectivity index (χ2n) is 4.68. The predicted molar refractivity (Wildman–Crippen MR) is 85.2 cm³/mol. The molecule has 0 heterocycles. The first-order chi connectivity index (χ1) is 9.01. The summed E-state index contributed by atoms with van der Waals surface area (Å²) in [5.74, 6) is 0. The lowest BCUT2D eigenvalue weighted by Crippen LogP contribution is -2.34. The summed E-state index contributed by atoms with van der Waals surface area (Å²) in [4.78, 5) is 0. The number of hydrogen-bond donors (Lipinski definition) is 0. The van der Waals surface area contributed by atoms with Crippen molar-refractivity contribution in [3.05, 3.63) is 30.5 Å². The molecule has 0 aromatic heterocycles. The van der Waals surface area contributed by atoms with Crippen LogP contribution in [0.1, 0.15) is 27.7 Å². The number of benzene rings is 1. The quantitative estimate of drug-likeness (QED) is 0.651. The molecule has 0 atom stereocenters. The Kier molecular flexibility index (Phi) is 7.55. The molecule has 0 unspecified atom stereocenters. The molecule has 0 saturated carbocycles. The van der Waals surface area contributed by atoms with Crippen molar-refractivity contribution < 1.29 is 8.85 Å². The first kappa shape index (κ1) is 16.6. The SMILES string of the molecule is C=C[Si]c1cc([Si]OC(C)C)cc([Si]OC(C)C)c1. The molecule has 0 aliphatic heterocycles. The van der Waals surface area contributed by atoms with Gasteiger partial charge in [0.15, 0.2) is 0 Å². The predicted octanol–water partition coefficient (Wildman–Crippen LogP) is 0.499. The van der Waals surface area contributed by atoms with Gasteiger partial charge in [0.2, 0.25) is 0 Å². The normalized spacial score (nSPS) is 11.3. The lowest BCUT2D eigenvalue weighted by Gasteiger charge is -2.11. The van der Waals surface area contributed by atoms with Crippen LogP contribution in [-0.4, -0.2) is 41.3 Å². The molecule has 0 spiro atoms.